The molecule has 0 heterocycles. The largest absolute Gasteiger partial charge is 0.442 e. The van der Waals surface area contributed by atoms with Gasteiger partial charge in [0, 0.05) is 5.57 Å². The van der Waals surface area contributed by atoms with Gasteiger partial charge in [-0.05, 0) is 88.3 Å². The van der Waals surface area contributed by atoms with Crippen LogP contribution in [0.4, 0.5) is 0 Å². The van der Waals surface area contributed by atoms with Crippen LogP contribution in [0, 0.1) is 48.4 Å². The fourth-order valence-electron chi connectivity index (χ4n) is 6.69. The average Bonchev–Trinajstić information content (AvgIpc) is 3.05. The van der Waals surface area contributed by atoms with Gasteiger partial charge in [-0.1, -0.05) is 50.5 Å². The first-order chi connectivity index (χ1) is 21.1. The summed E-state index contributed by atoms with van der Waals surface area (Å²) >= 11 is 0. The Morgan fingerprint density at radius 1 is 0.864 bits per heavy atom. The fraction of sp³-hybridized carbons (Fsp3) is 0.556. The van der Waals surface area contributed by atoms with Crippen molar-refractivity contribution in [2.45, 2.75) is 96.0 Å². The number of benzene rings is 1. The van der Waals surface area contributed by atoms with E-state index in [-0.39, 0.29) is 22.4 Å². The maximum atomic E-state index is 13.2. The first-order valence-electron chi connectivity index (χ1n) is 15.7. The lowest BCUT2D eigenvalue weighted by Crippen LogP contribution is -2.39. The van der Waals surface area contributed by atoms with Gasteiger partial charge in [-0.25, -0.2) is 9.59 Å². The number of ether oxygens (including phenoxy) is 4. The van der Waals surface area contributed by atoms with Crippen molar-refractivity contribution in [3.05, 3.63) is 41.5 Å². The van der Waals surface area contributed by atoms with Crippen LogP contribution in [0.5, 0.6) is 5.75 Å². The molecule has 1 aromatic rings. The lowest BCUT2D eigenvalue weighted by atomic mass is 9.70. The highest BCUT2D eigenvalue weighted by atomic mass is 16.7. The molecule has 0 amide bonds. The maximum Gasteiger partial charge on any atom is 0.339 e. The highest BCUT2D eigenvalue weighted by Crippen LogP contribution is 2.43. The van der Waals surface area contributed by atoms with Crippen molar-refractivity contribution in [3.8, 4) is 30.4 Å². The predicted octanol–water partition coefficient (Wildman–Crippen LogP) is 6.30. The third-order valence-electron chi connectivity index (χ3n) is 9.42. The average molecular weight is 603 g/mol. The van der Waals surface area contributed by atoms with Gasteiger partial charge in [-0.2, -0.15) is 0 Å². The van der Waals surface area contributed by atoms with Gasteiger partial charge in [0.25, 0.3) is 0 Å². The van der Waals surface area contributed by atoms with Crippen LogP contribution in [-0.4, -0.2) is 36.3 Å². The summed E-state index contributed by atoms with van der Waals surface area (Å²) in [5, 5.41) is 0. The molecule has 0 aliphatic heterocycles. The van der Waals surface area contributed by atoms with Gasteiger partial charge in [0.2, 0.25) is 6.79 Å². The molecule has 1 aromatic carbocycles. The third-order valence-corrected chi connectivity index (χ3v) is 9.42. The van der Waals surface area contributed by atoms with Crippen LogP contribution in [0.25, 0.3) is 0 Å². The minimum Gasteiger partial charge on any atom is -0.442 e. The predicted molar refractivity (Wildman–Crippen MR) is 163 cm³/mol. The van der Waals surface area contributed by atoms with E-state index >= 15 is 0 Å². The van der Waals surface area contributed by atoms with E-state index in [1.165, 1.54) is 57.2 Å². The maximum absolute atomic E-state index is 13.2. The number of hydrogen-bond donors (Lipinski definition) is 0. The van der Waals surface area contributed by atoms with Crippen LogP contribution in [-0.2, 0) is 28.6 Å². The molecule has 0 aromatic heterocycles. The van der Waals surface area contributed by atoms with Gasteiger partial charge >= 0.3 is 23.9 Å². The minimum atomic E-state index is -0.927. The second kappa shape index (κ2) is 15.1. The zero-order chi connectivity index (χ0) is 31.7. The van der Waals surface area contributed by atoms with Gasteiger partial charge < -0.3 is 18.9 Å². The molecule has 8 nitrogen and oxygen atoms in total. The van der Waals surface area contributed by atoms with E-state index in [1.807, 2.05) is 0 Å². The Morgan fingerprint density at radius 2 is 1.48 bits per heavy atom. The minimum absolute atomic E-state index is 0.176. The van der Waals surface area contributed by atoms with Crippen molar-refractivity contribution < 1.29 is 38.1 Å². The van der Waals surface area contributed by atoms with Crippen molar-refractivity contribution in [2.75, 3.05) is 6.79 Å². The molecular formula is C36H42O8. The van der Waals surface area contributed by atoms with Gasteiger partial charge in [-0.3, -0.25) is 9.59 Å². The molecule has 234 valence electrons. The normalized spacial score (nSPS) is 25.4. The lowest BCUT2D eigenvalue weighted by molar-refractivity contribution is -0.169. The highest BCUT2D eigenvalue weighted by Gasteiger charge is 2.40. The standard InChI is InChI=1S/C36H42O8/c1-5-25-22-30(35(40)44-36(6-2)20-18-27(19-21-36)26-10-8-7-9-11-26)16-17-31(25)43-34(39)29-14-12-28(13-15-29)33(38)42-23-41-32(37)24(3)4/h1-2,16-17,22,26-29H,3,7-15,18-21,23H2,4H3. The fourth-order valence-corrected chi connectivity index (χ4v) is 6.69. The Kier molecular flexibility index (Phi) is 11.3. The van der Waals surface area contributed by atoms with Crippen LogP contribution < -0.4 is 4.74 Å². The summed E-state index contributed by atoms with van der Waals surface area (Å²) in [5.41, 5.74) is -0.217. The molecule has 3 fully saturated rings. The zero-order valence-corrected chi connectivity index (χ0v) is 25.6. The summed E-state index contributed by atoms with van der Waals surface area (Å²) in [6.45, 7) is 4.49. The topological polar surface area (TPSA) is 105 Å². The Labute approximate surface area is 260 Å². The molecule has 0 N–H and O–H groups in total. The van der Waals surface area contributed by atoms with Crippen molar-refractivity contribution >= 4 is 23.9 Å². The van der Waals surface area contributed by atoms with Crippen molar-refractivity contribution in [1.29, 1.82) is 0 Å². The number of carbonyl (C=O) groups excluding carboxylic acids is 4. The zero-order valence-electron chi connectivity index (χ0n) is 25.6. The SMILES string of the molecule is C#Cc1cc(C(=O)OC2(C#C)CCC(C3CCCCC3)CC2)ccc1OC(=O)C1CCC(C(=O)OCOC(=O)C(=C)C)CC1. The molecule has 0 bridgehead atoms. The van der Waals surface area contributed by atoms with E-state index in [0.29, 0.717) is 44.4 Å². The number of carbonyl (C=O) groups is 4. The van der Waals surface area contributed by atoms with Crippen LogP contribution >= 0.6 is 0 Å². The molecule has 0 spiro atoms. The Hall–Kier alpha value is -4.04. The van der Waals surface area contributed by atoms with Crippen LogP contribution in [0.1, 0.15) is 106 Å². The van der Waals surface area contributed by atoms with Crippen LogP contribution in [0.2, 0.25) is 0 Å². The summed E-state index contributed by atoms with van der Waals surface area (Å²) in [5.74, 6) is 3.89. The van der Waals surface area contributed by atoms with E-state index in [4.69, 9.17) is 31.8 Å². The molecule has 8 heteroatoms. The molecule has 0 radical (unpaired) electrons. The molecular weight excluding hydrogens is 560 g/mol. The Balaban J connectivity index is 1.27. The Morgan fingerprint density at radius 3 is 2.07 bits per heavy atom. The molecule has 3 aliphatic carbocycles. The van der Waals surface area contributed by atoms with E-state index in [0.717, 1.165) is 18.8 Å². The summed E-state index contributed by atoms with van der Waals surface area (Å²) < 4.78 is 21.4. The lowest BCUT2D eigenvalue weighted by Gasteiger charge is -2.40. The number of esters is 4. The second-order valence-electron chi connectivity index (χ2n) is 12.4. The summed E-state index contributed by atoms with van der Waals surface area (Å²) in [6.07, 6.45) is 23.0. The van der Waals surface area contributed by atoms with E-state index in [9.17, 15) is 19.2 Å². The number of hydrogen-bond acceptors (Lipinski definition) is 8. The molecule has 0 saturated heterocycles. The van der Waals surface area contributed by atoms with Gasteiger partial charge in [0.1, 0.15) is 5.75 Å². The monoisotopic (exact) mass is 602 g/mol. The van der Waals surface area contributed by atoms with Crippen molar-refractivity contribution in [2.24, 2.45) is 23.7 Å². The quantitative estimate of drug-likeness (QED) is 0.107. The Bertz CT molecular complexity index is 1320. The van der Waals surface area contributed by atoms with Gasteiger partial charge in [0.05, 0.1) is 23.0 Å². The first-order valence-corrected chi connectivity index (χ1v) is 15.7. The van der Waals surface area contributed by atoms with Gasteiger partial charge in [0.15, 0.2) is 5.60 Å². The summed E-state index contributed by atoms with van der Waals surface area (Å²) in [4.78, 5) is 49.8. The van der Waals surface area contributed by atoms with Crippen molar-refractivity contribution in [3.63, 3.8) is 0 Å². The van der Waals surface area contributed by atoms with Crippen LogP contribution in [0.3, 0.4) is 0 Å². The molecule has 0 unspecified atom stereocenters. The van der Waals surface area contributed by atoms with Crippen molar-refractivity contribution in [1.82, 2.24) is 0 Å². The smallest absolute Gasteiger partial charge is 0.339 e. The van der Waals surface area contributed by atoms with Crippen LogP contribution in [0.15, 0.2) is 30.4 Å². The van der Waals surface area contributed by atoms with E-state index < -0.39 is 48.1 Å². The second-order valence-corrected chi connectivity index (χ2v) is 12.4. The highest BCUT2D eigenvalue weighted by molar-refractivity contribution is 5.91. The molecule has 3 aliphatic rings. The van der Waals surface area contributed by atoms with E-state index in [1.54, 1.807) is 0 Å². The third kappa shape index (κ3) is 8.32. The molecule has 44 heavy (non-hydrogen) atoms. The molecule has 0 atom stereocenters. The number of rotatable bonds is 9. The first kappa shape index (κ1) is 32.9. The van der Waals surface area contributed by atoms with E-state index in [2.05, 4.69) is 18.4 Å². The van der Waals surface area contributed by atoms with Gasteiger partial charge in [-0.15, -0.1) is 12.8 Å². The molecule has 4 rings (SSSR count). The number of terminal acetylenes is 2. The summed E-state index contributed by atoms with van der Waals surface area (Å²) in [7, 11) is 0. The summed E-state index contributed by atoms with van der Waals surface area (Å²) in [6, 6.07) is 4.51. The molecule has 3 saturated carbocycles.